The zero-order valence-corrected chi connectivity index (χ0v) is 19.0. The summed E-state index contributed by atoms with van der Waals surface area (Å²) in [4.78, 5) is 32.3. The summed E-state index contributed by atoms with van der Waals surface area (Å²) >= 11 is 5.78. The number of nitrogens with one attached hydrogen (secondary N) is 2. The number of amides is 2. The molecule has 3 fully saturated rings. The van der Waals surface area contributed by atoms with Gasteiger partial charge in [-0.25, -0.2) is 18.3 Å². The molecule has 3 saturated heterocycles. The maximum Gasteiger partial charge on any atom is 0.270 e. The van der Waals surface area contributed by atoms with E-state index in [9.17, 15) is 18.4 Å². The fourth-order valence-electron chi connectivity index (χ4n) is 4.66. The van der Waals surface area contributed by atoms with Gasteiger partial charge in [0.05, 0.1) is 11.2 Å². The number of fused-ring (bicyclic) bond motifs is 4. The molecular formula is C23H23ClF2N6O2. The molecule has 1 aromatic carbocycles. The van der Waals surface area contributed by atoms with Crippen molar-refractivity contribution >= 4 is 29.1 Å². The Labute approximate surface area is 199 Å². The number of piperidine rings is 3. The number of aromatic nitrogens is 3. The van der Waals surface area contributed by atoms with Crippen molar-refractivity contribution in [2.24, 2.45) is 5.41 Å². The molecule has 5 heterocycles. The van der Waals surface area contributed by atoms with E-state index in [2.05, 4.69) is 25.6 Å². The third-order valence-electron chi connectivity index (χ3n) is 6.83. The average Bonchev–Trinajstić information content (AvgIpc) is 3.24. The van der Waals surface area contributed by atoms with E-state index in [0.717, 1.165) is 49.6 Å². The van der Waals surface area contributed by atoms with Crippen LogP contribution in [0.1, 0.15) is 45.8 Å². The predicted octanol–water partition coefficient (Wildman–Crippen LogP) is 2.81. The highest BCUT2D eigenvalue weighted by molar-refractivity contribution is 6.30. The summed E-state index contributed by atoms with van der Waals surface area (Å²) in [5, 5.41) is 9.47. The monoisotopic (exact) mass is 488 g/mol. The summed E-state index contributed by atoms with van der Waals surface area (Å²) in [7, 11) is 0. The van der Waals surface area contributed by atoms with Gasteiger partial charge in [0.2, 0.25) is 0 Å². The standard InChI is InChI=1S/C23H23ClF2N6O2/c24-15-9-14(1-2-16(15)25)11-27-21(33)18-10-19(32-20(30-18)17(26)12-29-32)22(34)28-13-23-3-6-31(7-4-23)8-5-23/h1-2,9-10,12H,3-8,11,13H2,(H,27,33)(H,28,34). The Bertz CT molecular complexity index is 1260. The molecular weight excluding hydrogens is 466 g/mol. The van der Waals surface area contributed by atoms with E-state index >= 15 is 0 Å². The highest BCUT2D eigenvalue weighted by Crippen LogP contribution is 2.39. The van der Waals surface area contributed by atoms with Crippen molar-refractivity contribution < 1.29 is 18.4 Å². The first-order valence-electron chi connectivity index (χ1n) is 11.1. The second-order valence-corrected chi connectivity index (χ2v) is 9.37. The largest absolute Gasteiger partial charge is 0.350 e. The van der Waals surface area contributed by atoms with Crippen LogP contribution in [0.4, 0.5) is 8.78 Å². The van der Waals surface area contributed by atoms with Crippen molar-refractivity contribution in [3.8, 4) is 0 Å². The maximum absolute atomic E-state index is 14.3. The van der Waals surface area contributed by atoms with Crippen LogP contribution in [-0.2, 0) is 6.54 Å². The lowest BCUT2D eigenvalue weighted by Gasteiger charge is -2.48. The molecule has 11 heteroatoms. The third kappa shape index (κ3) is 4.35. The molecule has 0 aliphatic carbocycles. The first-order chi connectivity index (χ1) is 16.3. The lowest BCUT2D eigenvalue weighted by molar-refractivity contribution is 0.0261. The van der Waals surface area contributed by atoms with Crippen LogP contribution in [0.5, 0.6) is 0 Å². The SMILES string of the molecule is O=C(NCc1ccc(F)c(Cl)c1)c1cc(C(=O)NCC23CCN(CC2)CC3)n2ncc(F)c2n1. The van der Waals surface area contributed by atoms with Crippen LogP contribution in [0.15, 0.2) is 30.5 Å². The van der Waals surface area contributed by atoms with Gasteiger partial charge in [0.1, 0.15) is 17.2 Å². The molecule has 2 N–H and O–H groups in total. The molecule has 2 bridgehead atoms. The Kier molecular flexibility index (Phi) is 5.95. The van der Waals surface area contributed by atoms with Gasteiger partial charge in [0, 0.05) is 19.2 Å². The zero-order valence-electron chi connectivity index (χ0n) is 18.3. The topological polar surface area (TPSA) is 91.6 Å². The first-order valence-corrected chi connectivity index (χ1v) is 11.5. The number of carbonyl (C=O) groups is 2. The summed E-state index contributed by atoms with van der Waals surface area (Å²) in [5.74, 6) is -2.37. The van der Waals surface area contributed by atoms with Crippen LogP contribution in [-0.4, -0.2) is 57.5 Å². The van der Waals surface area contributed by atoms with Crippen molar-refractivity contribution in [3.63, 3.8) is 0 Å². The van der Waals surface area contributed by atoms with Crippen LogP contribution in [0, 0.1) is 17.0 Å². The number of benzene rings is 1. The normalized spacial score (nSPS) is 21.6. The number of hydrogen-bond donors (Lipinski definition) is 2. The van der Waals surface area contributed by atoms with Crippen LogP contribution in [0.3, 0.4) is 0 Å². The molecule has 178 valence electrons. The van der Waals surface area contributed by atoms with Crippen molar-refractivity contribution in [2.45, 2.75) is 25.8 Å². The van der Waals surface area contributed by atoms with Gasteiger partial charge >= 0.3 is 0 Å². The van der Waals surface area contributed by atoms with E-state index in [4.69, 9.17) is 11.6 Å². The second kappa shape index (κ2) is 8.92. The van der Waals surface area contributed by atoms with Gasteiger partial charge in [-0.15, -0.1) is 0 Å². The molecule has 3 aliphatic heterocycles. The molecule has 3 aromatic rings. The molecule has 34 heavy (non-hydrogen) atoms. The van der Waals surface area contributed by atoms with Gasteiger partial charge in [-0.1, -0.05) is 17.7 Å². The van der Waals surface area contributed by atoms with E-state index in [1.54, 1.807) is 0 Å². The predicted molar refractivity (Wildman–Crippen MR) is 121 cm³/mol. The van der Waals surface area contributed by atoms with Gasteiger partial charge in [0.25, 0.3) is 11.8 Å². The highest BCUT2D eigenvalue weighted by Gasteiger charge is 2.39. The third-order valence-corrected chi connectivity index (χ3v) is 7.12. The van der Waals surface area contributed by atoms with Gasteiger partial charge < -0.3 is 15.5 Å². The summed E-state index contributed by atoms with van der Waals surface area (Å²) in [6.07, 6.45) is 4.03. The Morgan fingerprint density at radius 1 is 1.03 bits per heavy atom. The van der Waals surface area contributed by atoms with Crippen molar-refractivity contribution in [1.29, 1.82) is 0 Å². The van der Waals surface area contributed by atoms with Crippen LogP contribution in [0.2, 0.25) is 5.02 Å². The van der Waals surface area contributed by atoms with Gasteiger partial charge in [-0.3, -0.25) is 9.59 Å². The molecule has 8 nitrogen and oxygen atoms in total. The minimum Gasteiger partial charge on any atom is -0.350 e. The minimum atomic E-state index is -0.743. The molecule has 2 aromatic heterocycles. The molecule has 0 spiro atoms. The molecule has 6 rings (SSSR count). The summed E-state index contributed by atoms with van der Waals surface area (Å²) in [5.41, 5.74) is 0.324. The van der Waals surface area contributed by atoms with Crippen LogP contribution >= 0.6 is 11.6 Å². The fraction of sp³-hybridized carbons (Fsp3) is 0.391. The lowest BCUT2D eigenvalue weighted by Crippen LogP contribution is -2.52. The highest BCUT2D eigenvalue weighted by atomic mass is 35.5. The number of rotatable bonds is 6. The number of nitrogens with zero attached hydrogens (tertiary/aromatic N) is 4. The number of hydrogen-bond acceptors (Lipinski definition) is 5. The van der Waals surface area contributed by atoms with E-state index in [1.807, 2.05) is 0 Å². The van der Waals surface area contributed by atoms with Crippen molar-refractivity contribution in [1.82, 2.24) is 30.1 Å². The molecule has 0 saturated carbocycles. The zero-order chi connectivity index (χ0) is 23.9. The van der Waals surface area contributed by atoms with Crippen molar-refractivity contribution in [3.05, 3.63) is 64.1 Å². The summed E-state index contributed by atoms with van der Waals surface area (Å²) < 4.78 is 28.8. The van der Waals surface area contributed by atoms with Gasteiger partial charge in [-0.05, 0) is 62.0 Å². The molecule has 0 atom stereocenters. The lowest BCUT2D eigenvalue weighted by atomic mass is 9.72. The van der Waals surface area contributed by atoms with E-state index in [-0.39, 0.29) is 34.0 Å². The summed E-state index contributed by atoms with van der Waals surface area (Å²) in [6, 6.07) is 5.39. The molecule has 0 unspecified atom stereocenters. The summed E-state index contributed by atoms with van der Waals surface area (Å²) in [6.45, 7) is 3.66. The van der Waals surface area contributed by atoms with Gasteiger partial charge in [0.15, 0.2) is 11.5 Å². The molecule has 3 aliphatic rings. The van der Waals surface area contributed by atoms with Gasteiger partial charge in [-0.2, -0.15) is 5.10 Å². The van der Waals surface area contributed by atoms with Crippen LogP contribution in [0.25, 0.3) is 5.65 Å². The Balaban J connectivity index is 1.34. The second-order valence-electron chi connectivity index (χ2n) is 8.96. The quantitative estimate of drug-likeness (QED) is 0.557. The van der Waals surface area contributed by atoms with Crippen LogP contribution < -0.4 is 10.6 Å². The minimum absolute atomic E-state index is 0.0218. The molecule has 2 amide bonds. The Morgan fingerprint density at radius 2 is 1.76 bits per heavy atom. The average molecular weight is 489 g/mol. The van der Waals surface area contributed by atoms with E-state index < -0.39 is 23.4 Å². The molecule has 0 radical (unpaired) electrons. The Morgan fingerprint density at radius 3 is 2.47 bits per heavy atom. The number of carbonyl (C=O) groups excluding carboxylic acids is 2. The Hall–Kier alpha value is -3.11. The number of halogens is 3. The first kappa shape index (κ1) is 22.7. The van der Waals surface area contributed by atoms with Crippen molar-refractivity contribution in [2.75, 3.05) is 26.2 Å². The van der Waals surface area contributed by atoms with E-state index in [0.29, 0.717) is 12.1 Å². The smallest absolute Gasteiger partial charge is 0.270 e. The fourth-order valence-corrected chi connectivity index (χ4v) is 4.86. The maximum atomic E-state index is 14.3. The van der Waals surface area contributed by atoms with E-state index in [1.165, 1.54) is 24.3 Å².